The summed E-state index contributed by atoms with van der Waals surface area (Å²) in [6.45, 7) is 4.95. The minimum atomic E-state index is 0.386. The third kappa shape index (κ3) is 6.24. The highest BCUT2D eigenvalue weighted by molar-refractivity contribution is 7.21. The van der Waals surface area contributed by atoms with E-state index < -0.39 is 0 Å². The third-order valence-electron chi connectivity index (χ3n) is 6.52. The highest BCUT2D eigenvalue weighted by Crippen LogP contribution is 2.32. The van der Waals surface area contributed by atoms with Gasteiger partial charge in [-0.15, -0.1) is 11.3 Å². The first kappa shape index (κ1) is 26.3. The van der Waals surface area contributed by atoms with Crippen LogP contribution >= 0.6 is 11.3 Å². The maximum atomic E-state index is 6.03. The lowest BCUT2D eigenvalue weighted by atomic mass is 10.0. The van der Waals surface area contributed by atoms with E-state index in [4.69, 9.17) is 23.9 Å². The third-order valence-corrected chi connectivity index (χ3v) is 7.61. The van der Waals surface area contributed by atoms with Gasteiger partial charge in [-0.3, -0.25) is 0 Å². The molecule has 6 heteroatoms. The summed E-state index contributed by atoms with van der Waals surface area (Å²) in [4.78, 5) is 4.73. The van der Waals surface area contributed by atoms with Crippen LogP contribution in [0.4, 0.5) is 0 Å². The van der Waals surface area contributed by atoms with Crippen LogP contribution in [0.25, 0.3) is 32.9 Å². The molecule has 0 aliphatic heterocycles. The first-order valence-electron chi connectivity index (χ1n) is 12.8. The van der Waals surface area contributed by atoms with Crippen LogP contribution in [0.5, 0.6) is 23.0 Å². The molecule has 0 radical (unpaired) electrons. The zero-order valence-electron chi connectivity index (χ0n) is 22.6. The van der Waals surface area contributed by atoms with E-state index >= 15 is 0 Å². The fourth-order valence-corrected chi connectivity index (χ4v) is 5.24. The van der Waals surface area contributed by atoms with Crippen LogP contribution in [0.2, 0.25) is 0 Å². The lowest BCUT2D eigenvalue weighted by Gasteiger charge is -2.12. The standard InChI is InChI=1S/C33H31NO4S/c1-22-19-25(21-30(36-4)23(22)2)10-9-24-11-16-29(35-3)31(20-24)38-18-17-37-27-14-12-26(13-15-27)33-34-28-7-5-6-8-32(28)39-33/h5-16,19-21H,17-18H2,1-4H3/b10-9-. The lowest BCUT2D eigenvalue weighted by molar-refractivity contribution is 0.211. The van der Waals surface area contributed by atoms with Gasteiger partial charge in [0.15, 0.2) is 11.5 Å². The minimum Gasteiger partial charge on any atom is -0.496 e. The Morgan fingerprint density at radius 2 is 1.44 bits per heavy atom. The molecule has 1 heterocycles. The molecule has 0 N–H and O–H groups in total. The number of ether oxygens (including phenoxy) is 4. The molecule has 5 aromatic rings. The van der Waals surface area contributed by atoms with Crippen LogP contribution in [-0.4, -0.2) is 32.4 Å². The van der Waals surface area contributed by atoms with Crippen LogP contribution in [-0.2, 0) is 0 Å². The summed E-state index contributed by atoms with van der Waals surface area (Å²) >= 11 is 1.69. The Morgan fingerprint density at radius 3 is 2.21 bits per heavy atom. The van der Waals surface area contributed by atoms with Crippen molar-refractivity contribution in [2.24, 2.45) is 0 Å². The topological polar surface area (TPSA) is 49.8 Å². The number of thiazole rings is 1. The van der Waals surface area contributed by atoms with Gasteiger partial charge in [-0.1, -0.05) is 36.4 Å². The molecule has 0 aliphatic carbocycles. The Balaban J connectivity index is 1.19. The predicted molar refractivity (Wildman–Crippen MR) is 160 cm³/mol. The zero-order chi connectivity index (χ0) is 27.2. The highest BCUT2D eigenvalue weighted by atomic mass is 32.1. The van der Waals surface area contributed by atoms with Gasteiger partial charge in [0.25, 0.3) is 0 Å². The van der Waals surface area contributed by atoms with Crippen molar-refractivity contribution >= 4 is 33.7 Å². The number of hydrogen-bond donors (Lipinski definition) is 0. The van der Waals surface area contributed by atoms with E-state index in [-0.39, 0.29) is 0 Å². The van der Waals surface area contributed by atoms with Crippen molar-refractivity contribution in [3.63, 3.8) is 0 Å². The van der Waals surface area contributed by atoms with Crippen LogP contribution in [0.15, 0.2) is 78.9 Å². The Kier molecular flexibility index (Phi) is 8.13. The van der Waals surface area contributed by atoms with Crippen molar-refractivity contribution in [3.8, 4) is 33.6 Å². The number of methoxy groups -OCH3 is 2. The molecule has 198 valence electrons. The molecule has 0 spiro atoms. The molecule has 0 bridgehead atoms. The second kappa shape index (κ2) is 12.0. The molecular formula is C33H31NO4S. The molecule has 5 nitrogen and oxygen atoms in total. The molecule has 0 atom stereocenters. The van der Waals surface area contributed by atoms with E-state index in [0.29, 0.717) is 24.7 Å². The van der Waals surface area contributed by atoms with Crippen LogP contribution < -0.4 is 18.9 Å². The number of aryl methyl sites for hydroxylation is 1. The van der Waals surface area contributed by atoms with Crippen molar-refractivity contribution < 1.29 is 18.9 Å². The summed E-state index contributed by atoms with van der Waals surface area (Å²) < 4.78 is 24.1. The number of hydrogen-bond acceptors (Lipinski definition) is 6. The number of aromatic nitrogens is 1. The van der Waals surface area contributed by atoms with Crippen LogP contribution in [0, 0.1) is 13.8 Å². The smallest absolute Gasteiger partial charge is 0.161 e. The van der Waals surface area contributed by atoms with E-state index in [1.807, 2.05) is 66.7 Å². The van der Waals surface area contributed by atoms with Gasteiger partial charge < -0.3 is 18.9 Å². The summed E-state index contributed by atoms with van der Waals surface area (Å²) in [5, 5.41) is 1.00. The summed E-state index contributed by atoms with van der Waals surface area (Å²) in [5.74, 6) is 3.03. The van der Waals surface area contributed by atoms with E-state index in [0.717, 1.165) is 44.3 Å². The predicted octanol–water partition coefficient (Wildman–Crippen LogP) is 8.23. The Bertz CT molecular complexity index is 1570. The Morgan fingerprint density at radius 1 is 0.718 bits per heavy atom. The monoisotopic (exact) mass is 537 g/mol. The average Bonchev–Trinajstić information content (AvgIpc) is 3.40. The van der Waals surface area contributed by atoms with E-state index in [2.05, 4.69) is 38.1 Å². The maximum absolute atomic E-state index is 6.03. The van der Waals surface area contributed by atoms with E-state index in [1.54, 1.807) is 25.6 Å². The number of nitrogens with zero attached hydrogens (tertiary/aromatic N) is 1. The van der Waals surface area contributed by atoms with Gasteiger partial charge in [-0.05, 0) is 90.7 Å². The van der Waals surface area contributed by atoms with Crippen molar-refractivity contribution in [1.29, 1.82) is 0 Å². The first-order valence-corrected chi connectivity index (χ1v) is 13.6. The number of para-hydroxylation sites is 1. The van der Waals surface area contributed by atoms with Gasteiger partial charge in [0.2, 0.25) is 0 Å². The second-order valence-electron chi connectivity index (χ2n) is 9.12. The van der Waals surface area contributed by atoms with Crippen molar-refractivity contribution in [2.75, 3.05) is 27.4 Å². The molecular weight excluding hydrogens is 506 g/mol. The van der Waals surface area contributed by atoms with Crippen LogP contribution in [0.3, 0.4) is 0 Å². The normalized spacial score (nSPS) is 11.2. The van der Waals surface area contributed by atoms with Gasteiger partial charge in [0.05, 0.1) is 24.4 Å². The quantitative estimate of drug-likeness (QED) is 0.133. The molecule has 1 aromatic heterocycles. The van der Waals surface area contributed by atoms with E-state index in [9.17, 15) is 0 Å². The number of benzene rings is 4. The van der Waals surface area contributed by atoms with E-state index in [1.165, 1.54) is 10.3 Å². The Labute approximate surface area is 233 Å². The van der Waals surface area contributed by atoms with Gasteiger partial charge in [0.1, 0.15) is 29.7 Å². The summed E-state index contributed by atoms with van der Waals surface area (Å²) in [6, 6.07) is 26.3. The molecule has 0 fully saturated rings. The fourth-order valence-electron chi connectivity index (χ4n) is 4.26. The summed E-state index contributed by atoms with van der Waals surface area (Å²) in [5.41, 5.74) is 6.54. The first-order chi connectivity index (χ1) is 19.0. The van der Waals surface area contributed by atoms with Gasteiger partial charge >= 0.3 is 0 Å². The molecule has 0 saturated heterocycles. The molecule has 4 aromatic carbocycles. The molecule has 0 amide bonds. The summed E-state index contributed by atoms with van der Waals surface area (Å²) in [7, 11) is 3.34. The van der Waals surface area contributed by atoms with Gasteiger partial charge in [-0.2, -0.15) is 0 Å². The molecule has 0 unspecified atom stereocenters. The highest BCUT2D eigenvalue weighted by Gasteiger charge is 2.08. The minimum absolute atomic E-state index is 0.386. The Hall–Kier alpha value is -4.29. The molecule has 0 aliphatic rings. The number of rotatable bonds is 10. The maximum Gasteiger partial charge on any atom is 0.161 e. The second-order valence-corrected chi connectivity index (χ2v) is 10.1. The largest absolute Gasteiger partial charge is 0.496 e. The van der Waals surface area contributed by atoms with Crippen LogP contribution in [0.1, 0.15) is 22.3 Å². The molecule has 0 saturated carbocycles. The van der Waals surface area contributed by atoms with Gasteiger partial charge in [0, 0.05) is 5.56 Å². The number of fused-ring (bicyclic) bond motifs is 1. The molecule has 39 heavy (non-hydrogen) atoms. The average molecular weight is 538 g/mol. The van der Waals surface area contributed by atoms with Crippen molar-refractivity contribution in [2.45, 2.75) is 13.8 Å². The lowest BCUT2D eigenvalue weighted by Crippen LogP contribution is -2.09. The molecule has 5 rings (SSSR count). The fraction of sp³-hybridized carbons (Fsp3) is 0.182. The SMILES string of the molecule is COc1ccc(/C=C\c2cc(C)c(C)c(OC)c2)cc1OCCOc1ccc(-c2nc3ccccc3s2)cc1. The van der Waals surface area contributed by atoms with Crippen molar-refractivity contribution in [3.05, 3.63) is 101 Å². The van der Waals surface area contributed by atoms with Crippen molar-refractivity contribution in [1.82, 2.24) is 4.98 Å². The summed E-state index contributed by atoms with van der Waals surface area (Å²) in [6.07, 6.45) is 4.13. The zero-order valence-corrected chi connectivity index (χ0v) is 23.4. The van der Waals surface area contributed by atoms with Gasteiger partial charge in [-0.25, -0.2) is 4.98 Å².